The summed E-state index contributed by atoms with van der Waals surface area (Å²) < 4.78 is 4.87. The number of carbonyl (C=O) groups excluding carboxylic acids is 1. The summed E-state index contributed by atoms with van der Waals surface area (Å²) in [6.07, 6.45) is 0. The van der Waals surface area contributed by atoms with Crippen molar-refractivity contribution in [2.45, 2.75) is 6.92 Å². The van der Waals surface area contributed by atoms with E-state index in [1.807, 2.05) is 13.0 Å². The number of nitriles is 1. The minimum atomic E-state index is -0.211. The molecule has 2 N–H and O–H groups in total. The Bertz CT molecular complexity index is 478. The van der Waals surface area contributed by atoms with Gasteiger partial charge in [-0.2, -0.15) is 5.26 Å². The van der Waals surface area contributed by atoms with E-state index < -0.39 is 0 Å². The van der Waals surface area contributed by atoms with Crippen molar-refractivity contribution in [3.05, 3.63) is 28.8 Å². The van der Waals surface area contributed by atoms with Crippen LogP contribution in [-0.2, 0) is 4.74 Å². The molecule has 0 unspecified atom stereocenters. The second-order valence-electron chi connectivity index (χ2n) is 3.83. The fraction of sp³-hybridized carbons (Fsp3) is 0.385. The van der Waals surface area contributed by atoms with E-state index in [1.165, 1.54) is 0 Å². The Hall–Kier alpha value is -2.06. The van der Waals surface area contributed by atoms with Crippen LogP contribution >= 0.6 is 0 Å². The van der Waals surface area contributed by atoms with E-state index in [0.717, 1.165) is 11.3 Å². The first-order valence-electron chi connectivity index (χ1n) is 5.63. The summed E-state index contributed by atoms with van der Waals surface area (Å²) in [7, 11) is 3.33. The number of aryl methyl sites for hydroxylation is 1. The highest BCUT2D eigenvalue weighted by Crippen LogP contribution is 2.22. The summed E-state index contributed by atoms with van der Waals surface area (Å²) in [5.74, 6) is -0.211. The molecule has 0 aliphatic rings. The monoisotopic (exact) mass is 247 g/mol. The summed E-state index contributed by atoms with van der Waals surface area (Å²) in [6, 6.07) is 5.38. The maximum atomic E-state index is 12.0. The summed E-state index contributed by atoms with van der Waals surface area (Å²) in [6.45, 7) is 2.75. The standard InChI is InChI=1S/C13H17N3O2/c1-9-6-10(8-14)7-11(12(9)15-2)13(17)16-4-5-18-3/h6-7,15H,4-5H2,1-3H3,(H,16,17). The van der Waals surface area contributed by atoms with Crippen molar-refractivity contribution in [3.8, 4) is 6.07 Å². The molecule has 1 aromatic rings. The van der Waals surface area contributed by atoms with Gasteiger partial charge in [0.15, 0.2) is 0 Å². The van der Waals surface area contributed by atoms with E-state index >= 15 is 0 Å². The zero-order chi connectivity index (χ0) is 13.5. The molecule has 0 atom stereocenters. The Morgan fingerprint density at radius 3 is 2.78 bits per heavy atom. The third-order valence-corrected chi connectivity index (χ3v) is 2.55. The summed E-state index contributed by atoms with van der Waals surface area (Å²) >= 11 is 0. The highest BCUT2D eigenvalue weighted by atomic mass is 16.5. The fourth-order valence-electron chi connectivity index (χ4n) is 1.72. The molecule has 5 nitrogen and oxygen atoms in total. The highest BCUT2D eigenvalue weighted by molar-refractivity contribution is 6.00. The number of benzene rings is 1. The first-order valence-corrected chi connectivity index (χ1v) is 5.63. The lowest BCUT2D eigenvalue weighted by Gasteiger charge is -2.12. The Morgan fingerprint density at radius 2 is 2.22 bits per heavy atom. The summed E-state index contributed by atoms with van der Waals surface area (Å²) in [5, 5.41) is 14.6. The minimum Gasteiger partial charge on any atom is -0.387 e. The molecular formula is C13H17N3O2. The van der Waals surface area contributed by atoms with Crippen molar-refractivity contribution in [2.75, 3.05) is 32.6 Å². The van der Waals surface area contributed by atoms with E-state index in [1.54, 1.807) is 26.3 Å². The molecule has 0 saturated heterocycles. The van der Waals surface area contributed by atoms with Crippen molar-refractivity contribution in [3.63, 3.8) is 0 Å². The van der Waals surface area contributed by atoms with Crippen molar-refractivity contribution >= 4 is 11.6 Å². The van der Waals surface area contributed by atoms with E-state index in [0.29, 0.717) is 24.3 Å². The molecule has 0 aliphatic heterocycles. The SMILES string of the molecule is CNc1c(C)cc(C#N)cc1C(=O)NCCOC. The van der Waals surface area contributed by atoms with Crippen LogP contribution < -0.4 is 10.6 Å². The van der Waals surface area contributed by atoms with Gasteiger partial charge in [-0.1, -0.05) is 0 Å². The van der Waals surface area contributed by atoms with Gasteiger partial charge in [0.2, 0.25) is 0 Å². The van der Waals surface area contributed by atoms with Crippen LogP contribution in [0.15, 0.2) is 12.1 Å². The van der Waals surface area contributed by atoms with Gasteiger partial charge in [0.05, 0.1) is 23.8 Å². The van der Waals surface area contributed by atoms with E-state index in [-0.39, 0.29) is 5.91 Å². The van der Waals surface area contributed by atoms with Crippen LogP contribution in [0.4, 0.5) is 5.69 Å². The fourth-order valence-corrected chi connectivity index (χ4v) is 1.72. The third kappa shape index (κ3) is 3.22. The van der Waals surface area contributed by atoms with Crippen LogP contribution in [0.3, 0.4) is 0 Å². The minimum absolute atomic E-state index is 0.211. The predicted molar refractivity (Wildman–Crippen MR) is 69.6 cm³/mol. The number of nitrogens with zero attached hydrogens (tertiary/aromatic N) is 1. The molecule has 0 radical (unpaired) electrons. The van der Waals surface area contributed by atoms with E-state index in [4.69, 9.17) is 10.00 Å². The number of carbonyl (C=O) groups is 1. The number of hydrogen-bond donors (Lipinski definition) is 2. The van der Waals surface area contributed by atoms with Crippen LogP contribution in [0.5, 0.6) is 0 Å². The Kier molecular flexibility index (Phi) is 5.15. The second kappa shape index (κ2) is 6.62. The molecule has 1 rings (SSSR count). The number of nitrogens with one attached hydrogen (secondary N) is 2. The van der Waals surface area contributed by atoms with Crippen LogP contribution in [0.25, 0.3) is 0 Å². The average molecular weight is 247 g/mol. The number of methoxy groups -OCH3 is 1. The first-order chi connectivity index (χ1) is 8.63. The van der Waals surface area contributed by atoms with Gasteiger partial charge >= 0.3 is 0 Å². The van der Waals surface area contributed by atoms with Crippen LogP contribution in [0.1, 0.15) is 21.5 Å². The lowest BCUT2D eigenvalue weighted by Crippen LogP contribution is -2.27. The topological polar surface area (TPSA) is 74.2 Å². The van der Waals surface area contributed by atoms with Gasteiger partial charge in [-0.05, 0) is 24.6 Å². The Balaban J connectivity index is 3.02. The zero-order valence-electron chi connectivity index (χ0n) is 10.8. The van der Waals surface area contributed by atoms with Crippen molar-refractivity contribution in [1.82, 2.24) is 5.32 Å². The molecule has 1 amide bonds. The smallest absolute Gasteiger partial charge is 0.253 e. The maximum Gasteiger partial charge on any atom is 0.253 e. The number of hydrogen-bond acceptors (Lipinski definition) is 4. The lowest BCUT2D eigenvalue weighted by molar-refractivity contribution is 0.0938. The van der Waals surface area contributed by atoms with Crippen LogP contribution in [0.2, 0.25) is 0 Å². The van der Waals surface area contributed by atoms with Crippen LogP contribution in [-0.4, -0.2) is 33.2 Å². The number of amides is 1. The van der Waals surface area contributed by atoms with E-state index in [9.17, 15) is 4.79 Å². The molecule has 18 heavy (non-hydrogen) atoms. The zero-order valence-corrected chi connectivity index (χ0v) is 10.8. The number of ether oxygens (including phenoxy) is 1. The predicted octanol–water partition coefficient (Wildman–Crippen LogP) is 1.28. The van der Waals surface area contributed by atoms with Crippen LogP contribution in [0, 0.1) is 18.3 Å². The van der Waals surface area contributed by atoms with Gasteiger partial charge in [0.1, 0.15) is 0 Å². The molecule has 0 aliphatic carbocycles. The number of rotatable bonds is 5. The molecule has 0 bridgehead atoms. The molecular weight excluding hydrogens is 230 g/mol. The molecule has 96 valence electrons. The largest absolute Gasteiger partial charge is 0.387 e. The Morgan fingerprint density at radius 1 is 1.50 bits per heavy atom. The van der Waals surface area contributed by atoms with Gasteiger partial charge in [-0.15, -0.1) is 0 Å². The molecule has 0 fully saturated rings. The highest BCUT2D eigenvalue weighted by Gasteiger charge is 2.13. The molecule has 0 spiro atoms. The molecule has 5 heteroatoms. The van der Waals surface area contributed by atoms with Crippen molar-refractivity contribution in [2.24, 2.45) is 0 Å². The molecule has 0 heterocycles. The second-order valence-corrected chi connectivity index (χ2v) is 3.83. The lowest BCUT2D eigenvalue weighted by atomic mass is 10.0. The summed E-state index contributed by atoms with van der Waals surface area (Å²) in [4.78, 5) is 12.0. The number of anilines is 1. The summed E-state index contributed by atoms with van der Waals surface area (Å²) in [5.41, 5.74) is 2.56. The Labute approximate surface area is 107 Å². The third-order valence-electron chi connectivity index (χ3n) is 2.55. The van der Waals surface area contributed by atoms with Crippen molar-refractivity contribution in [1.29, 1.82) is 5.26 Å². The molecule has 0 aromatic heterocycles. The van der Waals surface area contributed by atoms with Crippen molar-refractivity contribution < 1.29 is 9.53 Å². The quantitative estimate of drug-likeness (QED) is 0.769. The van der Waals surface area contributed by atoms with Gasteiger partial charge < -0.3 is 15.4 Å². The average Bonchev–Trinajstić information content (AvgIpc) is 2.37. The first kappa shape index (κ1) is 14.0. The van der Waals surface area contributed by atoms with Gasteiger partial charge in [-0.3, -0.25) is 4.79 Å². The maximum absolute atomic E-state index is 12.0. The van der Waals surface area contributed by atoms with Gasteiger partial charge in [0.25, 0.3) is 5.91 Å². The normalized spacial score (nSPS) is 9.67. The van der Waals surface area contributed by atoms with E-state index in [2.05, 4.69) is 10.6 Å². The molecule has 1 aromatic carbocycles. The van der Waals surface area contributed by atoms with Gasteiger partial charge in [-0.25, -0.2) is 0 Å². The van der Waals surface area contributed by atoms with Gasteiger partial charge in [0, 0.05) is 26.4 Å². The molecule has 0 saturated carbocycles.